The normalized spacial score (nSPS) is 10.3. The van der Waals surface area contributed by atoms with Gasteiger partial charge in [-0.25, -0.2) is 0 Å². The van der Waals surface area contributed by atoms with Gasteiger partial charge in [-0.05, 0) is 31.4 Å². The Morgan fingerprint density at radius 3 is 2.27 bits per heavy atom. The predicted molar refractivity (Wildman–Crippen MR) is 61.8 cm³/mol. The highest BCUT2D eigenvalue weighted by atomic mass is 16.1. The zero-order valence-corrected chi connectivity index (χ0v) is 8.91. The van der Waals surface area contributed by atoms with Gasteiger partial charge in [0.05, 0.1) is 6.54 Å². The molecule has 0 atom stereocenters. The van der Waals surface area contributed by atoms with Crippen molar-refractivity contribution in [2.24, 2.45) is 11.5 Å². The summed E-state index contributed by atoms with van der Waals surface area (Å²) in [5, 5.41) is 0. The first-order valence-electron chi connectivity index (χ1n) is 5.30. The first kappa shape index (κ1) is 11.9. The van der Waals surface area contributed by atoms with Crippen LogP contribution in [0.25, 0.3) is 0 Å². The van der Waals surface area contributed by atoms with Crippen LogP contribution in [0, 0.1) is 0 Å². The molecule has 0 saturated carbocycles. The van der Waals surface area contributed by atoms with Crippen LogP contribution in [0.15, 0.2) is 24.3 Å². The Balaban J connectivity index is 2.52. The molecule has 0 aliphatic rings. The SMILES string of the molecule is NCCCCc1ccc(C(=O)CN)cc1. The third-order valence-corrected chi connectivity index (χ3v) is 2.38. The van der Waals surface area contributed by atoms with Crippen LogP contribution in [0.5, 0.6) is 0 Å². The molecule has 0 aliphatic heterocycles. The molecule has 0 radical (unpaired) electrons. The summed E-state index contributed by atoms with van der Waals surface area (Å²) in [5.74, 6) is -0.0106. The molecule has 0 fully saturated rings. The number of aryl methyl sites for hydroxylation is 1. The van der Waals surface area contributed by atoms with E-state index in [0.717, 1.165) is 25.8 Å². The smallest absolute Gasteiger partial charge is 0.176 e. The van der Waals surface area contributed by atoms with Crippen molar-refractivity contribution in [1.29, 1.82) is 0 Å². The van der Waals surface area contributed by atoms with E-state index in [9.17, 15) is 4.79 Å². The van der Waals surface area contributed by atoms with Crippen LogP contribution in [0.4, 0.5) is 0 Å². The molecule has 0 spiro atoms. The third-order valence-electron chi connectivity index (χ3n) is 2.38. The Kier molecular flexibility index (Phi) is 5.01. The standard InChI is InChI=1S/C12H18N2O/c13-8-2-1-3-10-4-6-11(7-5-10)12(15)9-14/h4-7H,1-3,8-9,13-14H2. The lowest BCUT2D eigenvalue weighted by atomic mass is 10.0. The van der Waals surface area contributed by atoms with E-state index < -0.39 is 0 Å². The number of carbonyl (C=O) groups excluding carboxylic acids is 1. The molecule has 4 N–H and O–H groups in total. The average Bonchev–Trinajstić information content (AvgIpc) is 2.29. The topological polar surface area (TPSA) is 69.1 Å². The van der Waals surface area contributed by atoms with Crippen molar-refractivity contribution in [2.45, 2.75) is 19.3 Å². The number of rotatable bonds is 6. The number of Topliss-reactive ketones (excluding diaryl/α,β-unsaturated/α-hetero) is 1. The second-order valence-electron chi connectivity index (χ2n) is 3.57. The van der Waals surface area contributed by atoms with Gasteiger partial charge in [0, 0.05) is 5.56 Å². The molecule has 3 heteroatoms. The van der Waals surface area contributed by atoms with E-state index in [1.54, 1.807) is 0 Å². The number of hydrogen-bond donors (Lipinski definition) is 2. The van der Waals surface area contributed by atoms with Gasteiger partial charge in [0.2, 0.25) is 0 Å². The van der Waals surface area contributed by atoms with Crippen molar-refractivity contribution in [2.75, 3.05) is 13.1 Å². The van der Waals surface area contributed by atoms with Crippen molar-refractivity contribution >= 4 is 5.78 Å². The number of benzene rings is 1. The molecule has 1 rings (SSSR count). The van der Waals surface area contributed by atoms with Gasteiger partial charge in [0.15, 0.2) is 5.78 Å². The van der Waals surface area contributed by atoms with Crippen molar-refractivity contribution in [1.82, 2.24) is 0 Å². The van der Waals surface area contributed by atoms with Crippen LogP contribution in [0.3, 0.4) is 0 Å². The number of nitrogens with two attached hydrogens (primary N) is 2. The van der Waals surface area contributed by atoms with E-state index in [4.69, 9.17) is 11.5 Å². The van der Waals surface area contributed by atoms with Gasteiger partial charge in [-0.15, -0.1) is 0 Å². The number of hydrogen-bond acceptors (Lipinski definition) is 3. The van der Waals surface area contributed by atoms with Crippen LogP contribution in [-0.2, 0) is 6.42 Å². The van der Waals surface area contributed by atoms with Crippen LogP contribution >= 0.6 is 0 Å². The van der Waals surface area contributed by atoms with Gasteiger partial charge in [0.1, 0.15) is 0 Å². The molecule has 0 amide bonds. The Labute approximate surface area is 90.5 Å². The van der Waals surface area contributed by atoms with Crippen molar-refractivity contribution in [3.63, 3.8) is 0 Å². The van der Waals surface area contributed by atoms with Gasteiger partial charge < -0.3 is 11.5 Å². The lowest BCUT2D eigenvalue weighted by Crippen LogP contribution is -2.13. The van der Waals surface area contributed by atoms with Gasteiger partial charge in [-0.3, -0.25) is 4.79 Å². The fourth-order valence-electron chi connectivity index (χ4n) is 1.45. The molecular formula is C12H18N2O. The molecule has 0 heterocycles. The van der Waals surface area contributed by atoms with E-state index in [-0.39, 0.29) is 12.3 Å². The maximum absolute atomic E-state index is 11.2. The third kappa shape index (κ3) is 3.81. The summed E-state index contributed by atoms with van der Waals surface area (Å²) in [4.78, 5) is 11.2. The highest BCUT2D eigenvalue weighted by Crippen LogP contribution is 2.08. The summed E-state index contributed by atoms with van der Waals surface area (Å²) in [6, 6.07) is 7.65. The van der Waals surface area contributed by atoms with E-state index in [1.807, 2.05) is 24.3 Å². The van der Waals surface area contributed by atoms with Crippen molar-refractivity contribution in [3.05, 3.63) is 35.4 Å². The van der Waals surface area contributed by atoms with E-state index in [0.29, 0.717) is 5.56 Å². The van der Waals surface area contributed by atoms with Gasteiger partial charge >= 0.3 is 0 Å². The molecule has 0 bridgehead atoms. The lowest BCUT2D eigenvalue weighted by molar-refractivity contribution is 0.100. The number of ketones is 1. The maximum atomic E-state index is 11.2. The fraction of sp³-hybridized carbons (Fsp3) is 0.417. The first-order valence-corrected chi connectivity index (χ1v) is 5.30. The highest BCUT2D eigenvalue weighted by molar-refractivity contribution is 5.97. The molecule has 82 valence electrons. The van der Waals surface area contributed by atoms with Gasteiger partial charge in [-0.2, -0.15) is 0 Å². The van der Waals surface area contributed by atoms with Crippen LogP contribution < -0.4 is 11.5 Å². The Morgan fingerprint density at radius 2 is 1.73 bits per heavy atom. The average molecular weight is 206 g/mol. The molecule has 0 saturated heterocycles. The zero-order chi connectivity index (χ0) is 11.1. The quantitative estimate of drug-likeness (QED) is 0.541. The van der Waals surface area contributed by atoms with Gasteiger partial charge in [0.25, 0.3) is 0 Å². The number of carbonyl (C=O) groups is 1. The lowest BCUT2D eigenvalue weighted by Gasteiger charge is -2.02. The largest absolute Gasteiger partial charge is 0.330 e. The van der Waals surface area contributed by atoms with Crippen molar-refractivity contribution in [3.8, 4) is 0 Å². The maximum Gasteiger partial charge on any atom is 0.176 e. The van der Waals surface area contributed by atoms with Crippen LogP contribution in [0.2, 0.25) is 0 Å². The molecule has 0 aliphatic carbocycles. The zero-order valence-electron chi connectivity index (χ0n) is 8.91. The first-order chi connectivity index (χ1) is 7.27. The Morgan fingerprint density at radius 1 is 1.07 bits per heavy atom. The summed E-state index contributed by atoms with van der Waals surface area (Å²) < 4.78 is 0. The Hall–Kier alpha value is -1.19. The second kappa shape index (κ2) is 6.32. The molecule has 0 unspecified atom stereocenters. The predicted octanol–water partition coefficient (Wildman–Crippen LogP) is 1.11. The minimum atomic E-state index is -0.0106. The van der Waals surface area contributed by atoms with E-state index >= 15 is 0 Å². The van der Waals surface area contributed by atoms with Crippen LogP contribution in [0.1, 0.15) is 28.8 Å². The molecular weight excluding hydrogens is 188 g/mol. The second-order valence-corrected chi connectivity index (χ2v) is 3.57. The minimum absolute atomic E-state index is 0.0106. The summed E-state index contributed by atoms with van der Waals surface area (Å²) in [7, 11) is 0. The molecule has 1 aromatic rings. The highest BCUT2D eigenvalue weighted by Gasteiger charge is 2.02. The van der Waals surface area contributed by atoms with Gasteiger partial charge in [-0.1, -0.05) is 24.3 Å². The molecule has 15 heavy (non-hydrogen) atoms. The molecule has 0 aromatic heterocycles. The van der Waals surface area contributed by atoms with E-state index in [2.05, 4.69) is 0 Å². The number of unbranched alkanes of at least 4 members (excludes halogenated alkanes) is 1. The summed E-state index contributed by atoms with van der Waals surface area (Å²) in [6.45, 7) is 0.816. The minimum Gasteiger partial charge on any atom is -0.330 e. The molecule has 1 aromatic carbocycles. The summed E-state index contributed by atoms with van der Waals surface area (Å²) in [5.41, 5.74) is 12.6. The monoisotopic (exact) mass is 206 g/mol. The summed E-state index contributed by atoms with van der Waals surface area (Å²) >= 11 is 0. The van der Waals surface area contributed by atoms with Crippen molar-refractivity contribution < 1.29 is 4.79 Å². The van der Waals surface area contributed by atoms with Crippen LogP contribution in [-0.4, -0.2) is 18.9 Å². The fourth-order valence-corrected chi connectivity index (χ4v) is 1.45. The summed E-state index contributed by atoms with van der Waals surface area (Å²) in [6.07, 6.45) is 3.17. The van der Waals surface area contributed by atoms with E-state index in [1.165, 1.54) is 5.56 Å². The Bertz CT molecular complexity index is 306. The molecule has 3 nitrogen and oxygen atoms in total.